The molecule has 1 aliphatic heterocycles. The summed E-state index contributed by atoms with van der Waals surface area (Å²) in [6.07, 6.45) is 6.41. The van der Waals surface area contributed by atoms with Gasteiger partial charge in [0.15, 0.2) is 5.82 Å². The Bertz CT molecular complexity index is 684. The van der Waals surface area contributed by atoms with E-state index in [4.69, 9.17) is 4.74 Å². The molecule has 0 amide bonds. The van der Waals surface area contributed by atoms with Crippen molar-refractivity contribution in [2.24, 2.45) is 0 Å². The van der Waals surface area contributed by atoms with Crippen molar-refractivity contribution in [3.8, 4) is 11.3 Å². The molecule has 4 heteroatoms. The highest BCUT2D eigenvalue weighted by molar-refractivity contribution is 5.62. The third-order valence-electron chi connectivity index (χ3n) is 5.10. The molecule has 1 aromatic carbocycles. The monoisotopic (exact) mass is 309 g/mol. The van der Waals surface area contributed by atoms with Gasteiger partial charge in [0.1, 0.15) is 0 Å². The summed E-state index contributed by atoms with van der Waals surface area (Å²) in [6, 6.07) is 10.9. The van der Waals surface area contributed by atoms with Crippen molar-refractivity contribution < 1.29 is 4.74 Å². The zero-order valence-corrected chi connectivity index (χ0v) is 13.7. The van der Waals surface area contributed by atoms with Gasteiger partial charge in [-0.25, -0.2) is 0 Å². The number of hydrogen-bond acceptors (Lipinski definition) is 4. The average molecular weight is 309 g/mol. The minimum absolute atomic E-state index is 0.317. The topological polar surface area (TPSA) is 38.2 Å². The molecule has 2 heterocycles. The average Bonchev–Trinajstić information content (AvgIpc) is 3.11. The molecule has 1 saturated heterocycles. The van der Waals surface area contributed by atoms with Crippen LogP contribution >= 0.6 is 0 Å². The fraction of sp³-hybridized carbons (Fsp3) is 0.474. The zero-order valence-electron chi connectivity index (χ0n) is 13.7. The molecule has 0 bridgehead atoms. The molecule has 1 atom stereocenters. The van der Waals surface area contributed by atoms with Crippen LogP contribution < -0.4 is 4.90 Å². The summed E-state index contributed by atoms with van der Waals surface area (Å²) >= 11 is 0. The lowest BCUT2D eigenvalue weighted by molar-refractivity contribution is 0.121. The number of nitrogens with zero attached hydrogens (tertiary/aromatic N) is 3. The van der Waals surface area contributed by atoms with E-state index in [1.54, 1.807) is 7.11 Å². The summed E-state index contributed by atoms with van der Waals surface area (Å²) in [4.78, 5) is 2.25. The summed E-state index contributed by atoms with van der Waals surface area (Å²) in [7, 11) is 1.78. The smallest absolute Gasteiger partial charge is 0.151 e. The Morgan fingerprint density at radius 3 is 2.65 bits per heavy atom. The van der Waals surface area contributed by atoms with Gasteiger partial charge < -0.3 is 9.64 Å². The lowest BCUT2D eigenvalue weighted by Gasteiger charge is -2.17. The van der Waals surface area contributed by atoms with Crippen LogP contribution in [0.2, 0.25) is 0 Å². The number of rotatable bonds is 3. The number of hydrogen-bond donors (Lipinski definition) is 0. The van der Waals surface area contributed by atoms with E-state index in [2.05, 4.69) is 45.4 Å². The standard InChI is InChI=1S/C19H23N3O/c1-23-17-10-11-22(13-17)19-9-8-18(20-21-19)16-7-6-14-4-2-3-5-15(14)12-16/h6-9,12,17H,2-5,10-11,13H2,1H3. The van der Waals surface area contributed by atoms with Gasteiger partial charge in [-0.1, -0.05) is 12.1 Å². The second-order valence-electron chi connectivity index (χ2n) is 6.56. The lowest BCUT2D eigenvalue weighted by atomic mass is 9.90. The van der Waals surface area contributed by atoms with E-state index >= 15 is 0 Å². The minimum atomic E-state index is 0.317. The fourth-order valence-corrected chi connectivity index (χ4v) is 3.67. The first-order valence-electron chi connectivity index (χ1n) is 8.57. The van der Waals surface area contributed by atoms with E-state index in [0.717, 1.165) is 31.0 Å². The molecule has 1 fully saturated rings. The molecule has 1 unspecified atom stereocenters. The zero-order chi connectivity index (χ0) is 15.6. The van der Waals surface area contributed by atoms with Gasteiger partial charge in [-0.2, -0.15) is 0 Å². The van der Waals surface area contributed by atoms with E-state index in [1.165, 1.54) is 42.4 Å². The normalized spacial score (nSPS) is 20.6. The van der Waals surface area contributed by atoms with Crippen molar-refractivity contribution >= 4 is 5.82 Å². The highest BCUT2D eigenvalue weighted by Crippen LogP contribution is 2.27. The number of aryl methyl sites for hydroxylation is 2. The maximum absolute atomic E-state index is 5.42. The second-order valence-corrected chi connectivity index (χ2v) is 6.56. The number of methoxy groups -OCH3 is 1. The predicted molar refractivity (Wildman–Crippen MR) is 91.7 cm³/mol. The number of benzene rings is 1. The number of aromatic nitrogens is 2. The molecule has 0 N–H and O–H groups in total. The lowest BCUT2D eigenvalue weighted by Crippen LogP contribution is -2.23. The van der Waals surface area contributed by atoms with Gasteiger partial charge in [0, 0.05) is 25.8 Å². The Balaban J connectivity index is 1.54. The Morgan fingerprint density at radius 1 is 1.04 bits per heavy atom. The molecule has 4 nitrogen and oxygen atoms in total. The molecule has 1 aromatic heterocycles. The molecule has 0 spiro atoms. The molecule has 2 aliphatic rings. The fourth-order valence-electron chi connectivity index (χ4n) is 3.67. The minimum Gasteiger partial charge on any atom is -0.380 e. The van der Waals surface area contributed by atoms with Crippen molar-refractivity contribution in [2.45, 2.75) is 38.2 Å². The molecular weight excluding hydrogens is 286 g/mol. The van der Waals surface area contributed by atoms with Crippen molar-refractivity contribution in [1.82, 2.24) is 10.2 Å². The molecule has 23 heavy (non-hydrogen) atoms. The van der Waals surface area contributed by atoms with Gasteiger partial charge >= 0.3 is 0 Å². The second kappa shape index (κ2) is 6.28. The Hall–Kier alpha value is -1.94. The quantitative estimate of drug-likeness (QED) is 0.872. The van der Waals surface area contributed by atoms with Crippen molar-refractivity contribution in [2.75, 3.05) is 25.1 Å². The maximum Gasteiger partial charge on any atom is 0.151 e. The molecular formula is C19H23N3O. The predicted octanol–water partition coefficient (Wildman–Crippen LogP) is 3.25. The van der Waals surface area contributed by atoms with Crippen LogP contribution in [0.25, 0.3) is 11.3 Å². The highest BCUT2D eigenvalue weighted by atomic mass is 16.5. The first-order chi connectivity index (χ1) is 11.3. The number of fused-ring (bicyclic) bond motifs is 1. The first-order valence-corrected chi connectivity index (χ1v) is 8.57. The highest BCUT2D eigenvalue weighted by Gasteiger charge is 2.23. The van der Waals surface area contributed by atoms with Gasteiger partial charge in [-0.15, -0.1) is 10.2 Å². The third-order valence-corrected chi connectivity index (χ3v) is 5.10. The molecule has 2 aromatic rings. The summed E-state index contributed by atoms with van der Waals surface area (Å²) in [5.74, 6) is 0.950. The van der Waals surface area contributed by atoms with Crippen molar-refractivity contribution in [1.29, 1.82) is 0 Å². The molecule has 0 saturated carbocycles. The molecule has 4 rings (SSSR count). The Kier molecular flexibility index (Phi) is 4.00. The van der Waals surface area contributed by atoms with Crippen LogP contribution in [0.5, 0.6) is 0 Å². The molecule has 0 radical (unpaired) electrons. The summed E-state index contributed by atoms with van der Waals surface area (Å²) in [5.41, 5.74) is 5.14. The summed E-state index contributed by atoms with van der Waals surface area (Å²) in [5, 5.41) is 8.90. The van der Waals surface area contributed by atoms with Gasteiger partial charge in [0.05, 0.1) is 11.8 Å². The Labute approximate surface area is 137 Å². The number of ether oxygens (including phenoxy) is 1. The van der Waals surface area contributed by atoms with Gasteiger partial charge in [0.25, 0.3) is 0 Å². The van der Waals surface area contributed by atoms with E-state index in [-0.39, 0.29) is 0 Å². The van der Waals surface area contributed by atoms with Crippen LogP contribution in [0.1, 0.15) is 30.4 Å². The SMILES string of the molecule is COC1CCN(c2ccc(-c3ccc4c(c3)CCCC4)nn2)C1. The van der Waals surface area contributed by atoms with E-state index in [0.29, 0.717) is 6.10 Å². The van der Waals surface area contributed by atoms with E-state index in [9.17, 15) is 0 Å². The van der Waals surface area contributed by atoms with Crippen LogP contribution in [-0.2, 0) is 17.6 Å². The summed E-state index contributed by atoms with van der Waals surface area (Å²) in [6.45, 7) is 1.90. The first kappa shape index (κ1) is 14.6. The largest absolute Gasteiger partial charge is 0.380 e. The molecule has 1 aliphatic carbocycles. The van der Waals surface area contributed by atoms with Crippen LogP contribution in [0.4, 0.5) is 5.82 Å². The maximum atomic E-state index is 5.42. The van der Waals surface area contributed by atoms with Gasteiger partial charge in [-0.05, 0) is 61.4 Å². The van der Waals surface area contributed by atoms with Crippen LogP contribution in [0.15, 0.2) is 30.3 Å². The van der Waals surface area contributed by atoms with Gasteiger partial charge in [-0.3, -0.25) is 0 Å². The Morgan fingerprint density at radius 2 is 1.91 bits per heavy atom. The van der Waals surface area contributed by atoms with Gasteiger partial charge in [0.2, 0.25) is 0 Å². The van der Waals surface area contributed by atoms with Crippen LogP contribution in [0, 0.1) is 0 Å². The van der Waals surface area contributed by atoms with Crippen molar-refractivity contribution in [3.05, 3.63) is 41.5 Å². The summed E-state index contributed by atoms with van der Waals surface area (Å²) < 4.78 is 5.42. The van der Waals surface area contributed by atoms with E-state index < -0.39 is 0 Å². The van der Waals surface area contributed by atoms with Crippen molar-refractivity contribution in [3.63, 3.8) is 0 Å². The van der Waals surface area contributed by atoms with Crippen LogP contribution in [-0.4, -0.2) is 36.5 Å². The van der Waals surface area contributed by atoms with Crippen LogP contribution in [0.3, 0.4) is 0 Å². The number of anilines is 1. The molecule has 120 valence electrons. The third kappa shape index (κ3) is 2.95. The van der Waals surface area contributed by atoms with E-state index in [1.807, 2.05) is 0 Å².